The number of fused-ring (bicyclic) bond motifs is 1. The van der Waals surface area contributed by atoms with E-state index in [1.54, 1.807) is 12.1 Å². The van der Waals surface area contributed by atoms with Crippen molar-refractivity contribution in [2.24, 2.45) is 9.98 Å². The van der Waals surface area contributed by atoms with Crippen molar-refractivity contribution in [1.29, 1.82) is 0 Å². The Hall–Kier alpha value is -2.02. The third-order valence-electron chi connectivity index (χ3n) is 3.28. The molecule has 0 N–H and O–H groups in total. The van der Waals surface area contributed by atoms with Crippen LogP contribution in [0.1, 0.15) is 31.4 Å². The zero-order valence-corrected chi connectivity index (χ0v) is 9.78. The van der Waals surface area contributed by atoms with Gasteiger partial charge in [-0.15, -0.1) is 0 Å². The van der Waals surface area contributed by atoms with Gasteiger partial charge in [0.25, 0.3) is 0 Å². The van der Waals surface area contributed by atoms with E-state index in [9.17, 15) is 9.59 Å². The molecular formula is C13H12N2O2. The average molecular weight is 228 g/mol. The Morgan fingerprint density at radius 3 is 2.53 bits per heavy atom. The van der Waals surface area contributed by atoms with Crippen molar-refractivity contribution in [3.63, 3.8) is 0 Å². The summed E-state index contributed by atoms with van der Waals surface area (Å²) in [6, 6.07) is 3.49. The summed E-state index contributed by atoms with van der Waals surface area (Å²) in [5, 5.41) is 0. The summed E-state index contributed by atoms with van der Waals surface area (Å²) < 4.78 is 0. The van der Waals surface area contributed by atoms with E-state index in [0.717, 1.165) is 24.0 Å². The highest BCUT2D eigenvalue weighted by molar-refractivity contribution is 5.67. The fourth-order valence-corrected chi connectivity index (χ4v) is 2.35. The third-order valence-corrected chi connectivity index (χ3v) is 3.28. The second-order valence-electron chi connectivity index (χ2n) is 4.78. The molecule has 0 atom stereocenters. The molecule has 4 heteroatoms. The summed E-state index contributed by atoms with van der Waals surface area (Å²) in [6.45, 7) is 4.25. The van der Waals surface area contributed by atoms with E-state index in [0.29, 0.717) is 11.4 Å². The molecule has 0 saturated carbocycles. The molecule has 0 fully saturated rings. The van der Waals surface area contributed by atoms with E-state index in [-0.39, 0.29) is 5.41 Å². The molecule has 1 aliphatic carbocycles. The molecule has 4 nitrogen and oxygen atoms in total. The summed E-state index contributed by atoms with van der Waals surface area (Å²) in [6.07, 6.45) is 4.93. The van der Waals surface area contributed by atoms with Gasteiger partial charge in [-0.3, -0.25) is 0 Å². The van der Waals surface area contributed by atoms with Gasteiger partial charge in [0.15, 0.2) is 0 Å². The Kier molecular flexibility index (Phi) is 2.76. The lowest BCUT2D eigenvalue weighted by molar-refractivity contribution is 0.522. The van der Waals surface area contributed by atoms with Crippen LogP contribution in [-0.2, 0) is 21.4 Å². The van der Waals surface area contributed by atoms with Gasteiger partial charge in [0, 0.05) is 0 Å². The topological polar surface area (TPSA) is 58.9 Å². The lowest BCUT2D eigenvalue weighted by Gasteiger charge is -2.19. The van der Waals surface area contributed by atoms with Crippen molar-refractivity contribution < 1.29 is 9.59 Å². The van der Waals surface area contributed by atoms with Crippen LogP contribution in [0, 0.1) is 0 Å². The third kappa shape index (κ3) is 1.96. The second kappa shape index (κ2) is 4.10. The van der Waals surface area contributed by atoms with Crippen LogP contribution in [0.5, 0.6) is 0 Å². The molecule has 1 aromatic carbocycles. The van der Waals surface area contributed by atoms with Crippen molar-refractivity contribution in [3.8, 4) is 0 Å². The number of hydrogen-bond donors (Lipinski definition) is 0. The monoisotopic (exact) mass is 228 g/mol. The van der Waals surface area contributed by atoms with Gasteiger partial charge in [-0.05, 0) is 41.5 Å². The first-order chi connectivity index (χ1) is 8.08. The van der Waals surface area contributed by atoms with Crippen LogP contribution in [0.25, 0.3) is 0 Å². The van der Waals surface area contributed by atoms with E-state index in [2.05, 4.69) is 23.8 Å². The summed E-state index contributed by atoms with van der Waals surface area (Å²) in [4.78, 5) is 28.0. The molecule has 0 heterocycles. The number of hydrogen-bond acceptors (Lipinski definition) is 4. The Morgan fingerprint density at radius 2 is 1.88 bits per heavy atom. The van der Waals surface area contributed by atoms with Crippen molar-refractivity contribution in [2.45, 2.75) is 32.1 Å². The van der Waals surface area contributed by atoms with E-state index >= 15 is 0 Å². The normalized spacial score (nSPS) is 15.6. The molecule has 0 saturated heterocycles. The molecule has 2 rings (SSSR count). The van der Waals surface area contributed by atoms with Crippen molar-refractivity contribution >= 4 is 23.5 Å². The van der Waals surface area contributed by atoms with Crippen LogP contribution in [0.4, 0.5) is 11.4 Å². The quantitative estimate of drug-likeness (QED) is 0.577. The Balaban J connectivity index is 2.70. The van der Waals surface area contributed by atoms with Gasteiger partial charge < -0.3 is 0 Å². The maximum absolute atomic E-state index is 10.4. The second-order valence-corrected chi connectivity index (χ2v) is 4.78. The van der Waals surface area contributed by atoms with Crippen molar-refractivity contribution in [1.82, 2.24) is 0 Å². The van der Waals surface area contributed by atoms with Crippen molar-refractivity contribution in [3.05, 3.63) is 23.3 Å². The highest BCUT2D eigenvalue weighted by Crippen LogP contribution is 2.44. The highest BCUT2D eigenvalue weighted by Gasteiger charge is 2.31. The van der Waals surface area contributed by atoms with Crippen LogP contribution in [0.2, 0.25) is 0 Å². The van der Waals surface area contributed by atoms with Gasteiger partial charge in [0.05, 0.1) is 11.4 Å². The smallest absolute Gasteiger partial charge is 0.211 e. The first-order valence-corrected chi connectivity index (χ1v) is 5.41. The van der Waals surface area contributed by atoms with Crippen LogP contribution < -0.4 is 0 Å². The van der Waals surface area contributed by atoms with Gasteiger partial charge in [-0.1, -0.05) is 13.8 Å². The molecule has 0 bridgehead atoms. The lowest BCUT2D eigenvalue weighted by atomic mass is 9.86. The fraction of sp³-hybridized carbons (Fsp3) is 0.385. The van der Waals surface area contributed by atoms with E-state index < -0.39 is 0 Å². The number of carbonyl (C=O) groups excluding carboxylic acids is 2. The summed E-state index contributed by atoms with van der Waals surface area (Å²) >= 11 is 0. The molecule has 86 valence electrons. The maximum atomic E-state index is 10.4. The van der Waals surface area contributed by atoms with E-state index in [1.165, 1.54) is 6.08 Å². The molecule has 1 aliphatic rings. The standard InChI is InChI=1S/C13H12N2O2/c1-13(2)4-3-10-11(13)5-9(14-7-16)6-12(10)15-8-17/h5-6H,3-4H2,1-2H3. The van der Waals surface area contributed by atoms with Gasteiger partial charge in [-0.2, -0.15) is 9.98 Å². The molecule has 0 aliphatic heterocycles. The van der Waals surface area contributed by atoms with E-state index in [1.807, 2.05) is 6.07 Å². The van der Waals surface area contributed by atoms with Gasteiger partial charge in [-0.25, -0.2) is 9.59 Å². The average Bonchev–Trinajstić information content (AvgIpc) is 2.57. The zero-order valence-electron chi connectivity index (χ0n) is 9.78. The first-order valence-electron chi connectivity index (χ1n) is 5.41. The number of aliphatic imine (C=N–C) groups is 2. The molecule has 0 unspecified atom stereocenters. The van der Waals surface area contributed by atoms with Crippen LogP contribution in [-0.4, -0.2) is 12.2 Å². The predicted octanol–water partition coefficient (Wildman–Crippen LogP) is 2.85. The van der Waals surface area contributed by atoms with Gasteiger partial charge in [0.2, 0.25) is 12.2 Å². The van der Waals surface area contributed by atoms with Crippen LogP contribution in [0.3, 0.4) is 0 Å². The van der Waals surface area contributed by atoms with Gasteiger partial charge >= 0.3 is 0 Å². The van der Waals surface area contributed by atoms with Crippen molar-refractivity contribution in [2.75, 3.05) is 0 Å². The summed E-state index contributed by atoms with van der Waals surface area (Å²) in [5.41, 5.74) is 3.24. The molecule has 17 heavy (non-hydrogen) atoms. The van der Waals surface area contributed by atoms with Crippen LogP contribution >= 0.6 is 0 Å². The summed E-state index contributed by atoms with van der Waals surface area (Å²) in [5.74, 6) is 0. The molecular weight excluding hydrogens is 216 g/mol. The van der Waals surface area contributed by atoms with E-state index in [4.69, 9.17) is 0 Å². The fourth-order valence-electron chi connectivity index (χ4n) is 2.35. The molecule has 0 amide bonds. The maximum Gasteiger partial charge on any atom is 0.240 e. The summed E-state index contributed by atoms with van der Waals surface area (Å²) in [7, 11) is 0. The zero-order chi connectivity index (χ0) is 12.5. The first kappa shape index (κ1) is 11.5. The predicted molar refractivity (Wildman–Crippen MR) is 63.4 cm³/mol. The van der Waals surface area contributed by atoms with Gasteiger partial charge in [0.1, 0.15) is 0 Å². The van der Waals surface area contributed by atoms with Crippen LogP contribution in [0.15, 0.2) is 22.1 Å². The number of rotatable bonds is 2. The minimum atomic E-state index is 0.0247. The highest BCUT2D eigenvalue weighted by atomic mass is 16.1. The molecule has 0 spiro atoms. The minimum absolute atomic E-state index is 0.0247. The molecule has 0 aromatic heterocycles. The number of nitrogens with zero attached hydrogens (tertiary/aromatic N) is 2. The number of isocyanates is 2. The Bertz CT molecular complexity index is 563. The SMILES string of the molecule is CC1(C)CCc2c(N=C=O)cc(N=C=O)cc21. The number of benzene rings is 1. The lowest BCUT2D eigenvalue weighted by Crippen LogP contribution is -2.11. The molecule has 0 radical (unpaired) electrons. The Labute approximate surface area is 99.1 Å². The largest absolute Gasteiger partial charge is 0.240 e. The minimum Gasteiger partial charge on any atom is -0.211 e. The molecule has 1 aromatic rings. The Morgan fingerprint density at radius 1 is 1.18 bits per heavy atom.